The van der Waals surface area contributed by atoms with Gasteiger partial charge in [-0.3, -0.25) is 0 Å². The predicted octanol–water partition coefficient (Wildman–Crippen LogP) is 6.37. The van der Waals surface area contributed by atoms with Gasteiger partial charge in [-0.1, -0.05) is 39.7 Å². The van der Waals surface area contributed by atoms with Gasteiger partial charge in [0.25, 0.3) is 0 Å². The van der Waals surface area contributed by atoms with Crippen molar-refractivity contribution in [1.82, 2.24) is 0 Å². The van der Waals surface area contributed by atoms with Gasteiger partial charge in [0.1, 0.15) is 16.0 Å². The molecular weight excluding hydrogens is 487 g/mol. The lowest BCUT2D eigenvalue weighted by Gasteiger charge is -2.18. The molecule has 0 saturated heterocycles. The van der Waals surface area contributed by atoms with Crippen LogP contribution in [0.15, 0.2) is 39.3 Å². The Morgan fingerprint density at radius 1 is 1.05 bits per heavy atom. The molecule has 2 aromatic carbocycles. The monoisotopic (exact) mass is 496 g/mol. The molecule has 0 saturated carbocycles. The highest BCUT2D eigenvalue weighted by Gasteiger charge is 2.20. The molecule has 0 aliphatic carbocycles. The maximum Gasteiger partial charge on any atom is 0.141 e. The van der Waals surface area contributed by atoms with Gasteiger partial charge < -0.3 is 9.47 Å². The van der Waals surface area contributed by atoms with E-state index in [1.54, 1.807) is 14.2 Å². The summed E-state index contributed by atoms with van der Waals surface area (Å²) in [5.41, 5.74) is 2.07. The highest BCUT2D eigenvalue weighted by molar-refractivity contribution is 9.11. The number of rotatable bonds is 4. The van der Waals surface area contributed by atoms with Crippen molar-refractivity contribution in [1.29, 1.82) is 0 Å². The van der Waals surface area contributed by atoms with Gasteiger partial charge in [0.05, 0.1) is 24.1 Å². The number of hydrogen-bond acceptors (Lipinski definition) is 2. The van der Waals surface area contributed by atoms with Gasteiger partial charge in [0.2, 0.25) is 0 Å². The average molecular weight is 499 g/mol. The molecule has 0 radical (unpaired) electrons. The molecule has 2 aromatic rings. The molecule has 0 aliphatic heterocycles. The number of alkyl halides is 1. The fourth-order valence-corrected chi connectivity index (χ4v) is 3.81. The van der Waals surface area contributed by atoms with E-state index in [2.05, 4.69) is 47.8 Å². The molecule has 0 heterocycles. The largest absolute Gasteiger partial charge is 0.495 e. The number of benzene rings is 2. The summed E-state index contributed by atoms with van der Waals surface area (Å²) in [6.07, 6.45) is 0. The Kier molecular flexibility index (Phi) is 6.00. The lowest BCUT2D eigenvalue weighted by molar-refractivity contribution is 0.386. The van der Waals surface area contributed by atoms with E-state index in [1.165, 1.54) is 0 Å². The molecule has 1 atom stereocenters. The van der Waals surface area contributed by atoms with Gasteiger partial charge in [0.15, 0.2) is 0 Å². The fourth-order valence-electron chi connectivity index (χ4n) is 1.97. The summed E-state index contributed by atoms with van der Waals surface area (Å²) in [5, 5.41) is 0.682. The first-order chi connectivity index (χ1) is 9.99. The zero-order valence-electron chi connectivity index (χ0n) is 11.3. The molecule has 0 aliphatic rings. The lowest BCUT2D eigenvalue weighted by atomic mass is 10.0. The van der Waals surface area contributed by atoms with E-state index in [9.17, 15) is 0 Å². The van der Waals surface area contributed by atoms with E-state index in [-0.39, 0.29) is 4.83 Å². The Hall–Kier alpha value is -0.230. The van der Waals surface area contributed by atoms with Gasteiger partial charge in [-0.05, 0) is 55.6 Å². The van der Waals surface area contributed by atoms with Crippen LogP contribution in [-0.2, 0) is 0 Å². The smallest absolute Gasteiger partial charge is 0.141 e. The minimum Gasteiger partial charge on any atom is -0.495 e. The second-order valence-corrected chi connectivity index (χ2v) is 7.21. The molecule has 1 unspecified atom stereocenters. The van der Waals surface area contributed by atoms with Crippen molar-refractivity contribution in [2.75, 3.05) is 14.2 Å². The molecule has 0 bridgehead atoms. The van der Waals surface area contributed by atoms with Crippen molar-refractivity contribution in [3.05, 3.63) is 55.4 Å². The van der Waals surface area contributed by atoms with E-state index < -0.39 is 0 Å². The molecule has 2 nitrogen and oxygen atoms in total. The average Bonchev–Trinajstić information content (AvgIpc) is 2.49. The van der Waals surface area contributed by atoms with E-state index in [0.29, 0.717) is 5.02 Å². The molecule has 0 spiro atoms. The van der Waals surface area contributed by atoms with E-state index in [4.69, 9.17) is 21.1 Å². The Labute approximate surface area is 154 Å². The summed E-state index contributed by atoms with van der Waals surface area (Å²) in [5.74, 6) is 1.47. The number of halogens is 4. The van der Waals surface area contributed by atoms with Crippen molar-refractivity contribution in [3.63, 3.8) is 0 Å². The fraction of sp³-hybridized carbons (Fsp3) is 0.200. The van der Waals surface area contributed by atoms with Crippen LogP contribution in [0.5, 0.6) is 11.5 Å². The maximum atomic E-state index is 6.04. The summed E-state index contributed by atoms with van der Waals surface area (Å²) in [6.45, 7) is 0. The topological polar surface area (TPSA) is 18.5 Å². The zero-order valence-corrected chi connectivity index (χ0v) is 16.8. The third kappa shape index (κ3) is 3.58. The predicted molar refractivity (Wildman–Crippen MR) is 97.2 cm³/mol. The SMILES string of the molecule is COc1ccc(C(Br)c2ccc(Cl)c(Br)c2)c(OC)c1Br. The van der Waals surface area contributed by atoms with Gasteiger partial charge in [-0.2, -0.15) is 0 Å². The van der Waals surface area contributed by atoms with Gasteiger partial charge >= 0.3 is 0 Å². The maximum absolute atomic E-state index is 6.04. The van der Waals surface area contributed by atoms with Gasteiger partial charge in [-0.15, -0.1) is 0 Å². The van der Waals surface area contributed by atoms with Crippen molar-refractivity contribution in [2.24, 2.45) is 0 Å². The highest BCUT2D eigenvalue weighted by Crippen LogP contribution is 2.44. The van der Waals surface area contributed by atoms with E-state index >= 15 is 0 Å². The molecule has 21 heavy (non-hydrogen) atoms. The van der Waals surface area contributed by atoms with Crippen LogP contribution in [0.3, 0.4) is 0 Å². The second kappa shape index (κ2) is 7.36. The van der Waals surface area contributed by atoms with Crippen molar-refractivity contribution in [2.45, 2.75) is 4.83 Å². The number of methoxy groups -OCH3 is 2. The van der Waals surface area contributed by atoms with E-state index in [0.717, 1.165) is 31.6 Å². The Balaban J connectivity index is 2.50. The van der Waals surface area contributed by atoms with Crippen molar-refractivity contribution >= 4 is 59.4 Å². The molecule has 6 heteroatoms. The third-order valence-electron chi connectivity index (χ3n) is 3.03. The van der Waals surface area contributed by atoms with Crippen LogP contribution in [0.2, 0.25) is 5.02 Å². The van der Waals surface area contributed by atoms with Gasteiger partial charge in [0, 0.05) is 10.0 Å². The number of ether oxygens (including phenoxy) is 2. The van der Waals surface area contributed by atoms with Crippen LogP contribution in [0, 0.1) is 0 Å². The Bertz CT molecular complexity index is 662. The van der Waals surface area contributed by atoms with Crippen LogP contribution in [0.4, 0.5) is 0 Å². The van der Waals surface area contributed by atoms with Crippen molar-refractivity contribution in [3.8, 4) is 11.5 Å². The molecule has 112 valence electrons. The molecular formula is C15H12Br3ClO2. The first-order valence-corrected chi connectivity index (χ1v) is 8.87. The first-order valence-electron chi connectivity index (χ1n) is 5.99. The van der Waals surface area contributed by atoms with E-state index in [1.807, 2.05) is 30.3 Å². The molecule has 0 amide bonds. The summed E-state index contributed by atoms with van der Waals surface area (Å²) in [7, 11) is 3.27. The molecule has 2 rings (SSSR count). The summed E-state index contributed by atoms with van der Waals surface area (Å²) >= 11 is 16.7. The lowest BCUT2D eigenvalue weighted by Crippen LogP contribution is -1.99. The van der Waals surface area contributed by atoms with Crippen LogP contribution in [0.25, 0.3) is 0 Å². The van der Waals surface area contributed by atoms with Crippen LogP contribution < -0.4 is 9.47 Å². The molecule has 0 fully saturated rings. The number of hydrogen-bond donors (Lipinski definition) is 0. The Morgan fingerprint density at radius 3 is 2.33 bits per heavy atom. The normalized spacial score (nSPS) is 12.1. The summed E-state index contributed by atoms with van der Waals surface area (Å²) in [6, 6.07) is 9.70. The van der Waals surface area contributed by atoms with Crippen LogP contribution in [-0.4, -0.2) is 14.2 Å². The highest BCUT2D eigenvalue weighted by atomic mass is 79.9. The summed E-state index contributed by atoms with van der Waals surface area (Å²) < 4.78 is 12.5. The molecule has 0 N–H and O–H groups in total. The van der Waals surface area contributed by atoms with Crippen molar-refractivity contribution < 1.29 is 9.47 Å². The Morgan fingerprint density at radius 2 is 1.76 bits per heavy atom. The standard InChI is InChI=1S/C15H12Br3ClO2/c1-20-12-6-4-9(15(21-2)14(12)18)13(17)8-3-5-11(19)10(16)7-8/h3-7,13H,1-2H3. The quantitative estimate of drug-likeness (QED) is 0.456. The second-order valence-electron chi connectivity index (χ2n) is 4.24. The minimum absolute atomic E-state index is 0.0248. The molecule has 0 aromatic heterocycles. The first kappa shape index (κ1) is 17.1. The summed E-state index contributed by atoms with van der Waals surface area (Å²) in [4.78, 5) is -0.0248. The third-order valence-corrected chi connectivity index (χ3v) is 6.01. The van der Waals surface area contributed by atoms with Crippen LogP contribution >= 0.6 is 59.4 Å². The van der Waals surface area contributed by atoms with Gasteiger partial charge in [-0.25, -0.2) is 0 Å². The van der Waals surface area contributed by atoms with Crippen LogP contribution in [0.1, 0.15) is 16.0 Å². The minimum atomic E-state index is -0.0248. The zero-order chi connectivity index (χ0) is 15.6.